The number of benzene rings is 2. The third-order valence-electron chi connectivity index (χ3n) is 7.58. The number of morpholine rings is 1. The minimum absolute atomic E-state index is 0.148. The Labute approximate surface area is 162 Å². The van der Waals surface area contributed by atoms with Crippen molar-refractivity contribution in [3.8, 4) is 0 Å². The van der Waals surface area contributed by atoms with E-state index in [1.165, 1.54) is 32.2 Å². The summed E-state index contributed by atoms with van der Waals surface area (Å²) in [6.07, 6.45) is 6.92. The average Bonchev–Trinajstić information content (AvgIpc) is 3.53. The molecule has 2 nitrogen and oxygen atoms in total. The number of ether oxygens (including phenoxy) is 1. The van der Waals surface area contributed by atoms with Crippen LogP contribution >= 0.6 is 0 Å². The summed E-state index contributed by atoms with van der Waals surface area (Å²) in [6, 6.07) is 18.5. The lowest BCUT2D eigenvalue weighted by Gasteiger charge is -2.51. The van der Waals surface area contributed by atoms with Crippen LogP contribution in [0.4, 0.5) is 0 Å². The van der Waals surface area contributed by atoms with Gasteiger partial charge >= 0.3 is 0 Å². The second-order valence-electron chi connectivity index (χ2n) is 9.25. The molecule has 1 unspecified atom stereocenters. The zero-order valence-electron chi connectivity index (χ0n) is 16.1. The largest absolute Gasteiger partial charge is 0.376 e. The Morgan fingerprint density at radius 3 is 2.33 bits per heavy atom. The van der Waals surface area contributed by atoms with E-state index in [-0.39, 0.29) is 5.41 Å². The molecule has 0 amide bonds. The molecule has 140 valence electrons. The van der Waals surface area contributed by atoms with Crippen molar-refractivity contribution in [2.45, 2.75) is 49.5 Å². The van der Waals surface area contributed by atoms with E-state index in [1.807, 2.05) is 0 Å². The monoisotopic (exact) mass is 359 g/mol. The Hall–Kier alpha value is -1.64. The number of rotatable bonds is 4. The highest BCUT2D eigenvalue weighted by Gasteiger charge is 2.49. The van der Waals surface area contributed by atoms with Gasteiger partial charge in [-0.05, 0) is 60.3 Å². The molecule has 2 bridgehead atoms. The standard InChI is InChI=1S/C25H29NO/c1-3-7-23-21(5-1)20-11-12-25(23,24-8-4-2-6-22(20)24)15-19-17-26(13-14-27-19)16-18-9-10-18/h1-8,18-20H,9-17H2. The van der Waals surface area contributed by atoms with Crippen LogP contribution in [0.2, 0.25) is 0 Å². The molecule has 7 rings (SSSR count). The van der Waals surface area contributed by atoms with Crippen molar-refractivity contribution in [3.05, 3.63) is 70.8 Å². The van der Waals surface area contributed by atoms with Gasteiger partial charge in [0.15, 0.2) is 0 Å². The fourth-order valence-electron chi connectivity index (χ4n) is 6.20. The second-order valence-corrected chi connectivity index (χ2v) is 9.25. The molecular weight excluding hydrogens is 330 g/mol. The van der Waals surface area contributed by atoms with Crippen molar-refractivity contribution in [3.63, 3.8) is 0 Å². The second kappa shape index (κ2) is 6.18. The summed E-state index contributed by atoms with van der Waals surface area (Å²) in [5, 5.41) is 0. The van der Waals surface area contributed by atoms with Crippen molar-refractivity contribution >= 4 is 0 Å². The fourth-order valence-corrected chi connectivity index (χ4v) is 6.20. The van der Waals surface area contributed by atoms with Gasteiger partial charge in [-0.1, -0.05) is 48.5 Å². The Morgan fingerprint density at radius 1 is 0.926 bits per heavy atom. The molecule has 1 aliphatic heterocycles. The highest BCUT2D eigenvalue weighted by atomic mass is 16.5. The molecule has 1 saturated carbocycles. The van der Waals surface area contributed by atoms with Crippen LogP contribution in [0.5, 0.6) is 0 Å². The van der Waals surface area contributed by atoms with Gasteiger partial charge in [-0.2, -0.15) is 0 Å². The van der Waals surface area contributed by atoms with Crippen LogP contribution in [0.25, 0.3) is 0 Å². The predicted octanol–water partition coefficient (Wildman–Crippen LogP) is 4.71. The van der Waals surface area contributed by atoms with Crippen LogP contribution in [-0.4, -0.2) is 37.2 Å². The summed E-state index contributed by atoms with van der Waals surface area (Å²) in [7, 11) is 0. The van der Waals surface area contributed by atoms with Crippen LogP contribution in [0.15, 0.2) is 48.5 Å². The maximum absolute atomic E-state index is 6.35. The topological polar surface area (TPSA) is 12.5 Å². The zero-order chi connectivity index (χ0) is 17.8. The maximum Gasteiger partial charge on any atom is 0.0714 e. The summed E-state index contributed by atoms with van der Waals surface area (Å²) >= 11 is 0. The molecule has 1 heterocycles. The van der Waals surface area contributed by atoms with Gasteiger partial charge in [-0.15, -0.1) is 0 Å². The normalized spacial score (nSPS) is 32.1. The van der Waals surface area contributed by atoms with Crippen molar-refractivity contribution in [2.75, 3.05) is 26.2 Å². The van der Waals surface area contributed by atoms with E-state index in [1.54, 1.807) is 22.3 Å². The summed E-state index contributed by atoms with van der Waals surface area (Å²) in [5.41, 5.74) is 6.47. The first-order valence-electron chi connectivity index (χ1n) is 10.9. The number of hydrogen-bond acceptors (Lipinski definition) is 2. The maximum atomic E-state index is 6.35. The molecule has 27 heavy (non-hydrogen) atoms. The van der Waals surface area contributed by atoms with Crippen LogP contribution < -0.4 is 0 Å². The number of hydrogen-bond donors (Lipinski definition) is 0. The van der Waals surface area contributed by atoms with Gasteiger partial charge in [0.05, 0.1) is 12.7 Å². The fraction of sp³-hybridized carbons (Fsp3) is 0.520. The third-order valence-corrected chi connectivity index (χ3v) is 7.58. The smallest absolute Gasteiger partial charge is 0.0714 e. The lowest BCUT2D eigenvalue weighted by atomic mass is 9.53. The minimum Gasteiger partial charge on any atom is -0.376 e. The van der Waals surface area contributed by atoms with E-state index < -0.39 is 0 Å². The van der Waals surface area contributed by atoms with Crippen molar-refractivity contribution < 1.29 is 4.74 Å². The van der Waals surface area contributed by atoms with E-state index in [4.69, 9.17) is 4.74 Å². The van der Waals surface area contributed by atoms with Crippen molar-refractivity contribution in [1.29, 1.82) is 0 Å². The number of nitrogens with zero attached hydrogens (tertiary/aromatic N) is 1. The van der Waals surface area contributed by atoms with Gasteiger partial charge in [0, 0.05) is 31.0 Å². The summed E-state index contributed by atoms with van der Waals surface area (Å²) in [5.74, 6) is 1.56. The average molecular weight is 360 g/mol. The van der Waals surface area contributed by atoms with Gasteiger partial charge in [0.2, 0.25) is 0 Å². The third kappa shape index (κ3) is 2.61. The summed E-state index contributed by atoms with van der Waals surface area (Å²) < 4.78 is 6.35. The molecular formula is C25H29NO. The molecule has 2 heteroatoms. The van der Waals surface area contributed by atoms with Crippen molar-refractivity contribution in [1.82, 2.24) is 4.90 Å². The van der Waals surface area contributed by atoms with Gasteiger partial charge < -0.3 is 4.74 Å². The molecule has 1 saturated heterocycles. The van der Waals surface area contributed by atoms with E-state index in [0.717, 1.165) is 32.0 Å². The van der Waals surface area contributed by atoms with Crippen LogP contribution in [-0.2, 0) is 10.2 Å². The molecule has 0 radical (unpaired) electrons. The Morgan fingerprint density at radius 2 is 1.63 bits per heavy atom. The van der Waals surface area contributed by atoms with Crippen molar-refractivity contribution in [2.24, 2.45) is 5.92 Å². The van der Waals surface area contributed by atoms with Gasteiger partial charge in [-0.3, -0.25) is 4.90 Å². The molecule has 4 aliphatic carbocycles. The van der Waals surface area contributed by atoms with Crippen LogP contribution in [0.3, 0.4) is 0 Å². The van der Waals surface area contributed by atoms with Gasteiger partial charge in [0.25, 0.3) is 0 Å². The first kappa shape index (κ1) is 16.3. The molecule has 5 aliphatic rings. The first-order chi connectivity index (χ1) is 13.3. The predicted molar refractivity (Wildman–Crippen MR) is 108 cm³/mol. The molecule has 0 aromatic heterocycles. The first-order valence-corrected chi connectivity index (χ1v) is 10.9. The molecule has 0 N–H and O–H groups in total. The molecule has 1 atom stereocenters. The molecule has 2 aromatic carbocycles. The van der Waals surface area contributed by atoms with E-state index in [0.29, 0.717) is 12.0 Å². The minimum atomic E-state index is 0.148. The summed E-state index contributed by atoms with van der Waals surface area (Å²) in [4.78, 5) is 2.68. The molecule has 2 fully saturated rings. The lowest BCUT2D eigenvalue weighted by Crippen LogP contribution is -2.49. The zero-order valence-corrected chi connectivity index (χ0v) is 16.1. The van der Waals surface area contributed by atoms with Gasteiger partial charge in [0.1, 0.15) is 0 Å². The highest BCUT2D eigenvalue weighted by Crippen LogP contribution is 2.58. The Bertz CT molecular complexity index is 807. The SMILES string of the molecule is c1ccc2c(c1)C1CCC2(CC2CN(CC3CC3)CCO2)c2ccccc21. The molecule has 0 spiro atoms. The van der Waals surface area contributed by atoms with E-state index in [9.17, 15) is 0 Å². The molecule has 2 aromatic rings. The van der Waals surface area contributed by atoms with Crippen LogP contribution in [0, 0.1) is 5.92 Å². The highest BCUT2D eigenvalue weighted by molar-refractivity contribution is 5.59. The lowest BCUT2D eigenvalue weighted by molar-refractivity contribution is -0.0429. The summed E-state index contributed by atoms with van der Waals surface area (Å²) in [6.45, 7) is 4.43. The van der Waals surface area contributed by atoms with Gasteiger partial charge in [-0.25, -0.2) is 0 Å². The Balaban J connectivity index is 1.37. The van der Waals surface area contributed by atoms with E-state index >= 15 is 0 Å². The van der Waals surface area contributed by atoms with Crippen LogP contribution in [0.1, 0.15) is 60.3 Å². The number of fused-ring (bicyclic) bond motifs is 1. The Kier molecular flexibility index (Phi) is 3.74. The quantitative estimate of drug-likeness (QED) is 0.784. The van der Waals surface area contributed by atoms with E-state index in [2.05, 4.69) is 53.4 Å².